The zero-order valence-electron chi connectivity index (χ0n) is 14.1. The molecule has 0 bridgehead atoms. The van der Waals surface area contributed by atoms with Gasteiger partial charge < -0.3 is 4.90 Å². The molecule has 124 valence electrons. The Kier molecular flexibility index (Phi) is 3.98. The van der Waals surface area contributed by atoms with Gasteiger partial charge in [0, 0.05) is 35.1 Å². The van der Waals surface area contributed by atoms with Crippen molar-refractivity contribution >= 4 is 34.7 Å². The number of benzene rings is 3. The van der Waals surface area contributed by atoms with Crippen LogP contribution in [0.1, 0.15) is 10.4 Å². The number of nitrogens with zero attached hydrogens (tertiary/aromatic N) is 2. The summed E-state index contributed by atoms with van der Waals surface area (Å²) in [6, 6.07) is 23.9. The van der Waals surface area contributed by atoms with Crippen molar-refractivity contribution in [1.29, 1.82) is 0 Å². The van der Waals surface area contributed by atoms with E-state index < -0.39 is 0 Å². The molecule has 0 fully saturated rings. The Morgan fingerprint density at radius 3 is 2.04 bits per heavy atom. The molecule has 3 aromatic carbocycles. The molecule has 4 rings (SSSR count). The van der Waals surface area contributed by atoms with Crippen LogP contribution in [0.25, 0.3) is 0 Å². The van der Waals surface area contributed by atoms with E-state index in [1.807, 2.05) is 84.6 Å². The summed E-state index contributed by atoms with van der Waals surface area (Å²) in [7, 11) is 3.96. The first-order valence-corrected chi connectivity index (χ1v) is 8.94. The summed E-state index contributed by atoms with van der Waals surface area (Å²) in [6.07, 6.45) is 0. The standard InChI is InChI=1S/C21H18N2OS/c1-22(2)16-9-7-8-15(14-16)21(24)23-17-10-3-5-12-19(17)25-20-13-6-4-11-18(20)23/h3-14H,1-2H3. The van der Waals surface area contributed by atoms with E-state index in [1.54, 1.807) is 11.8 Å². The number of carbonyl (C=O) groups excluding carboxylic acids is 1. The molecule has 0 radical (unpaired) electrons. The second kappa shape index (κ2) is 6.30. The van der Waals surface area contributed by atoms with Gasteiger partial charge in [-0.05, 0) is 42.5 Å². The van der Waals surface area contributed by atoms with Gasteiger partial charge in [0.15, 0.2) is 0 Å². The Morgan fingerprint density at radius 2 is 1.44 bits per heavy atom. The second-order valence-corrected chi connectivity index (χ2v) is 7.21. The van der Waals surface area contributed by atoms with E-state index in [2.05, 4.69) is 12.1 Å². The maximum Gasteiger partial charge on any atom is 0.262 e. The van der Waals surface area contributed by atoms with Crippen LogP contribution in [0.4, 0.5) is 17.1 Å². The first kappa shape index (κ1) is 15.8. The molecule has 0 spiro atoms. The van der Waals surface area contributed by atoms with Crippen molar-refractivity contribution in [3.8, 4) is 0 Å². The van der Waals surface area contributed by atoms with Gasteiger partial charge in [0.05, 0.1) is 11.4 Å². The van der Waals surface area contributed by atoms with Crippen LogP contribution in [0.5, 0.6) is 0 Å². The van der Waals surface area contributed by atoms with Gasteiger partial charge in [0.1, 0.15) is 0 Å². The number of hydrogen-bond acceptors (Lipinski definition) is 3. The van der Waals surface area contributed by atoms with Gasteiger partial charge in [-0.1, -0.05) is 42.1 Å². The number of fused-ring (bicyclic) bond motifs is 2. The minimum atomic E-state index is -0.0103. The Hall–Kier alpha value is -2.72. The van der Waals surface area contributed by atoms with Gasteiger partial charge in [0.2, 0.25) is 0 Å². The molecule has 0 unspecified atom stereocenters. The van der Waals surface area contributed by atoms with Crippen LogP contribution in [0.2, 0.25) is 0 Å². The van der Waals surface area contributed by atoms with E-state index in [0.29, 0.717) is 5.56 Å². The van der Waals surface area contributed by atoms with Gasteiger partial charge in [-0.25, -0.2) is 0 Å². The average molecular weight is 346 g/mol. The summed E-state index contributed by atoms with van der Waals surface area (Å²) >= 11 is 1.70. The largest absolute Gasteiger partial charge is 0.378 e. The van der Waals surface area contributed by atoms with Crippen LogP contribution in [0, 0.1) is 0 Å². The highest BCUT2D eigenvalue weighted by atomic mass is 32.2. The first-order chi connectivity index (χ1) is 12.1. The number of anilines is 3. The molecule has 3 aromatic rings. The quantitative estimate of drug-likeness (QED) is 0.637. The summed E-state index contributed by atoms with van der Waals surface area (Å²) in [5.41, 5.74) is 3.57. The third kappa shape index (κ3) is 2.79. The Balaban J connectivity index is 1.85. The summed E-state index contributed by atoms with van der Waals surface area (Å²) in [5, 5.41) is 0. The monoisotopic (exact) mass is 346 g/mol. The van der Waals surface area contributed by atoms with Gasteiger partial charge in [-0.3, -0.25) is 9.69 Å². The van der Waals surface area contributed by atoms with Crippen molar-refractivity contribution in [3.05, 3.63) is 78.4 Å². The molecule has 4 heteroatoms. The average Bonchev–Trinajstić information content (AvgIpc) is 2.65. The van der Waals surface area contributed by atoms with Crippen molar-refractivity contribution in [2.24, 2.45) is 0 Å². The molecule has 0 atom stereocenters. The van der Waals surface area contributed by atoms with Crippen LogP contribution in [0.15, 0.2) is 82.6 Å². The smallest absolute Gasteiger partial charge is 0.262 e. The second-order valence-electron chi connectivity index (χ2n) is 6.12. The molecule has 25 heavy (non-hydrogen) atoms. The highest BCUT2D eigenvalue weighted by Crippen LogP contribution is 2.48. The summed E-state index contributed by atoms with van der Waals surface area (Å²) in [5.74, 6) is -0.0103. The van der Waals surface area contributed by atoms with E-state index in [-0.39, 0.29) is 5.91 Å². The molecular weight excluding hydrogens is 328 g/mol. The van der Waals surface area contributed by atoms with E-state index in [9.17, 15) is 4.79 Å². The predicted molar refractivity (Wildman–Crippen MR) is 104 cm³/mol. The minimum absolute atomic E-state index is 0.0103. The molecule has 1 heterocycles. The summed E-state index contributed by atoms with van der Waals surface area (Å²) in [4.78, 5) is 19.4. The molecule has 1 amide bonds. The number of para-hydroxylation sites is 2. The topological polar surface area (TPSA) is 23.6 Å². The molecule has 0 aliphatic carbocycles. The lowest BCUT2D eigenvalue weighted by Crippen LogP contribution is -2.28. The minimum Gasteiger partial charge on any atom is -0.378 e. The fraction of sp³-hybridized carbons (Fsp3) is 0.0952. The van der Waals surface area contributed by atoms with Crippen molar-refractivity contribution < 1.29 is 4.79 Å². The van der Waals surface area contributed by atoms with Gasteiger partial charge in [0.25, 0.3) is 5.91 Å². The molecule has 0 N–H and O–H groups in total. The Morgan fingerprint density at radius 1 is 0.840 bits per heavy atom. The molecule has 0 saturated carbocycles. The highest BCUT2D eigenvalue weighted by Gasteiger charge is 2.28. The van der Waals surface area contributed by atoms with E-state index >= 15 is 0 Å². The van der Waals surface area contributed by atoms with E-state index in [0.717, 1.165) is 26.9 Å². The third-order valence-electron chi connectivity index (χ3n) is 4.24. The van der Waals surface area contributed by atoms with Crippen molar-refractivity contribution in [3.63, 3.8) is 0 Å². The van der Waals surface area contributed by atoms with Gasteiger partial charge >= 0.3 is 0 Å². The van der Waals surface area contributed by atoms with Crippen LogP contribution in [0.3, 0.4) is 0 Å². The third-order valence-corrected chi connectivity index (χ3v) is 5.38. The van der Waals surface area contributed by atoms with Crippen molar-refractivity contribution in [2.75, 3.05) is 23.9 Å². The molecule has 1 aliphatic rings. The lowest BCUT2D eigenvalue weighted by molar-refractivity contribution is 0.0998. The van der Waals surface area contributed by atoms with Gasteiger partial charge in [-0.2, -0.15) is 0 Å². The highest BCUT2D eigenvalue weighted by molar-refractivity contribution is 7.99. The normalized spacial score (nSPS) is 12.3. The SMILES string of the molecule is CN(C)c1cccc(C(=O)N2c3ccccc3Sc3ccccc32)c1. The number of hydrogen-bond donors (Lipinski definition) is 0. The van der Waals surface area contributed by atoms with Crippen LogP contribution < -0.4 is 9.80 Å². The van der Waals surface area contributed by atoms with Gasteiger partial charge in [-0.15, -0.1) is 0 Å². The maximum atomic E-state index is 13.4. The molecular formula is C21H18N2OS. The van der Waals surface area contributed by atoms with Crippen molar-refractivity contribution in [2.45, 2.75) is 9.79 Å². The van der Waals surface area contributed by atoms with E-state index in [4.69, 9.17) is 0 Å². The Bertz CT molecular complexity index is 906. The van der Waals surface area contributed by atoms with Crippen molar-refractivity contribution in [1.82, 2.24) is 0 Å². The fourth-order valence-electron chi connectivity index (χ4n) is 2.97. The lowest BCUT2D eigenvalue weighted by Gasteiger charge is -2.31. The Labute approximate surface area is 151 Å². The first-order valence-electron chi connectivity index (χ1n) is 8.13. The lowest BCUT2D eigenvalue weighted by atomic mass is 10.1. The predicted octanol–water partition coefficient (Wildman–Crippen LogP) is 5.20. The molecule has 3 nitrogen and oxygen atoms in total. The molecule has 0 aromatic heterocycles. The maximum absolute atomic E-state index is 13.4. The zero-order valence-corrected chi connectivity index (χ0v) is 15.0. The molecule has 0 saturated heterocycles. The van der Waals surface area contributed by atoms with Crippen LogP contribution >= 0.6 is 11.8 Å². The van der Waals surface area contributed by atoms with E-state index in [1.165, 1.54) is 0 Å². The summed E-state index contributed by atoms with van der Waals surface area (Å²) < 4.78 is 0. The van der Waals surface area contributed by atoms with Crippen LogP contribution in [-0.2, 0) is 0 Å². The molecule has 1 aliphatic heterocycles. The number of carbonyl (C=O) groups is 1. The fourth-order valence-corrected chi connectivity index (χ4v) is 4.03. The zero-order chi connectivity index (χ0) is 17.4. The van der Waals surface area contributed by atoms with Crippen LogP contribution in [-0.4, -0.2) is 20.0 Å². The number of rotatable bonds is 2. The summed E-state index contributed by atoms with van der Waals surface area (Å²) in [6.45, 7) is 0. The number of amides is 1.